The van der Waals surface area contributed by atoms with E-state index in [1.54, 1.807) is 0 Å². The maximum atomic E-state index is 10.8. The second-order valence-electron chi connectivity index (χ2n) is 7.12. The summed E-state index contributed by atoms with van der Waals surface area (Å²) < 4.78 is 0.649. The van der Waals surface area contributed by atoms with Crippen LogP contribution in [0.2, 0.25) is 5.02 Å². The monoisotopic (exact) mass is 367 g/mol. The Balaban J connectivity index is 0.00000225. The van der Waals surface area contributed by atoms with Gasteiger partial charge in [-0.1, -0.05) is 29.8 Å². The smallest absolute Gasteiger partial charge is 0.303 e. The van der Waals surface area contributed by atoms with Crippen LogP contribution in [0.3, 0.4) is 0 Å². The van der Waals surface area contributed by atoms with Gasteiger partial charge in [0.1, 0.15) is 6.54 Å². The Kier molecular flexibility index (Phi) is 6.63. The van der Waals surface area contributed by atoms with Gasteiger partial charge in [-0.15, -0.1) is 0 Å². The summed E-state index contributed by atoms with van der Waals surface area (Å²) in [7, 11) is 0. The first-order valence-corrected chi connectivity index (χ1v) is 9.05. The number of piperidine rings is 3. The molecule has 1 aromatic rings. The number of quaternary nitrogens is 1. The third-order valence-corrected chi connectivity index (χ3v) is 5.88. The van der Waals surface area contributed by atoms with E-state index in [-0.39, 0.29) is 11.9 Å². The number of allylic oxidation sites excluding steroid dienone is 1. The molecule has 3 aliphatic rings. The van der Waals surface area contributed by atoms with Crippen LogP contribution in [0.1, 0.15) is 31.2 Å². The second kappa shape index (κ2) is 8.32. The van der Waals surface area contributed by atoms with Crippen molar-refractivity contribution in [2.75, 3.05) is 19.6 Å². The maximum Gasteiger partial charge on any atom is 0.303 e. The van der Waals surface area contributed by atoms with Gasteiger partial charge in [-0.05, 0) is 35.6 Å². The van der Waals surface area contributed by atoms with Crippen LogP contribution in [-0.4, -0.2) is 52.0 Å². The fraction of sp³-hybridized carbons (Fsp3) is 0.526. The van der Waals surface area contributed by atoms with E-state index in [2.05, 4.69) is 6.08 Å². The summed E-state index contributed by atoms with van der Waals surface area (Å²) in [6.45, 7) is 2.78. The Labute approximate surface area is 153 Å². The lowest BCUT2D eigenvalue weighted by atomic mass is 9.80. The van der Waals surface area contributed by atoms with Crippen LogP contribution in [0, 0.1) is 5.92 Å². The minimum atomic E-state index is -0.836. The standard InChI is InChI=1S/C19H24ClNO3.H2O/c20-17-5-2-14(3-6-17)1-4-16-13-21(11-9-15(16)10-12-21)18(22)7-8-19(23)24;/h2-6,15,18,22H,1,7-13H2;1H2. The van der Waals surface area contributed by atoms with Gasteiger partial charge in [-0.25, -0.2) is 0 Å². The largest absolute Gasteiger partial charge is 0.870 e. The number of aliphatic hydroxyl groups is 1. The van der Waals surface area contributed by atoms with Crippen molar-refractivity contribution in [2.45, 2.75) is 38.3 Å². The van der Waals surface area contributed by atoms with Gasteiger partial charge in [0.2, 0.25) is 0 Å². The van der Waals surface area contributed by atoms with Crippen LogP contribution in [0.5, 0.6) is 0 Å². The molecule has 0 amide bonds. The molecular weight excluding hydrogens is 342 g/mol. The number of fused-ring (bicyclic) bond motifs is 3. The number of hydrogen-bond acceptors (Lipinski definition) is 3. The number of rotatable bonds is 6. The van der Waals surface area contributed by atoms with E-state index in [4.69, 9.17) is 16.7 Å². The molecule has 2 bridgehead atoms. The Morgan fingerprint density at radius 3 is 2.52 bits per heavy atom. The minimum Gasteiger partial charge on any atom is -0.870 e. The van der Waals surface area contributed by atoms with Gasteiger partial charge in [0.05, 0.1) is 19.5 Å². The highest BCUT2D eigenvalue weighted by atomic mass is 35.5. The van der Waals surface area contributed by atoms with Crippen molar-refractivity contribution in [2.24, 2.45) is 5.92 Å². The summed E-state index contributed by atoms with van der Waals surface area (Å²) in [5, 5.41) is 20.2. The number of carboxylic acid groups (broad SMARTS) is 1. The van der Waals surface area contributed by atoms with Crippen LogP contribution in [-0.2, 0) is 11.2 Å². The molecule has 0 aromatic heterocycles. The highest BCUT2D eigenvalue weighted by Gasteiger charge is 2.46. The molecule has 3 saturated heterocycles. The third kappa shape index (κ3) is 4.61. The number of hydrogen-bond donors (Lipinski definition) is 2. The van der Waals surface area contributed by atoms with E-state index in [1.807, 2.05) is 24.3 Å². The highest BCUT2D eigenvalue weighted by molar-refractivity contribution is 6.30. The maximum absolute atomic E-state index is 10.8. The molecule has 5 nitrogen and oxygen atoms in total. The molecule has 4 rings (SSSR count). The van der Waals surface area contributed by atoms with E-state index in [9.17, 15) is 9.90 Å². The zero-order valence-corrected chi connectivity index (χ0v) is 15.0. The molecule has 3 heterocycles. The molecule has 3 fully saturated rings. The first-order chi connectivity index (χ1) is 11.5. The van der Waals surface area contributed by atoms with Gasteiger partial charge in [0.25, 0.3) is 0 Å². The second-order valence-corrected chi connectivity index (χ2v) is 7.56. The Hall–Kier alpha value is -1.40. The van der Waals surface area contributed by atoms with Crippen molar-refractivity contribution in [1.29, 1.82) is 0 Å². The Morgan fingerprint density at radius 2 is 1.92 bits per heavy atom. The predicted octanol–water partition coefficient (Wildman–Crippen LogP) is 3.06. The van der Waals surface area contributed by atoms with Gasteiger partial charge in [0.15, 0.2) is 6.23 Å². The van der Waals surface area contributed by atoms with Gasteiger partial charge >= 0.3 is 5.97 Å². The fourth-order valence-corrected chi connectivity index (χ4v) is 4.26. The summed E-state index contributed by atoms with van der Waals surface area (Å²) in [6.07, 6.45) is 5.19. The molecule has 3 aliphatic heterocycles. The summed E-state index contributed by atoms with van der Waals surface area (Å²) in [5.74, 6) is -0.207. The number of nitrogens with zero attached hydrogens (tertiary/aromatic N) is 1. The number of benzene rings is 1. The van der Waals surface area contributed by atoms with E-state index in [0.29, 0.717) is 16.8 Å². The number of aliphatic hydroxyl groups excluding tert-OH is 1. The topological polar surface area (TPSA) is 87.5 Å². The number of carboxylic acids is 1. The average molecular weight is 368 g/mol. The highest BCUT2D eigenvalue weighted by Crippen LogP contribution is 2.39. The quantitative estimate of drug-likeness (QED) is 0.597. The van der Waals surface area contributed by atoms with E-state index >= 15 is 0 Å². The lowest BCUT2D eigenvalue weighted by Crippen LogP contribution is -2.64. The molecule has 0 radical (unpaired) electrons. The molecule has 0 aliphatic carbocycles. The van der Waals surface area contributed by atoms with Gasteiger partial charge in [0, 0.05) is 24.3 Å². The van der Waals surface area contributed by atoms with E-state index in [1.165, 1.54) is 11.1 Å². The average Bonchev–Trinajstić information content (AvgIpc) is 2.60. The predicted molar refractivity (Wildman–Crippen MR) is 95.6 cm³/mol. The Bertz CT molecular complexity index is 621. The molecule has 1 unspecified atom stereocenters. The van der Waals surface area contributed by atoms with Crippen molar-refractivity contribution in [1.82, 2.24) is 0 Å². The summed E-state index contributed by atoms with van der Waals surface area (Å²) >= 11 is 5.93. The van der Waals surface area contributed by atoms with Gasteiger partial charge in [-0.2, -0.15) is 0 Å². The first kappa shape index (κ1) is 19.9. The molecule has 3 N–H and O–H groups in total. The lowest BCUT2D eigenvalue weighted by Gasteiger charge is -2.52. The third-order valence-electron chi connectivity index (χ3n) is 5.63. The van der Waals surface area contributed by atoms with Crippen molar-refractivity contribution >= 4 is 17.6 Å². The van der Waals surface area contributed by atoms with Crippen molar-refractivity contribution in [3.05, 3.63) is 46.5 Å². The van der Waals surface area contributed by atoms with Gasteiger partial charge < -0.3 is 15.7 Å². The lowest BCUT2D eigenvalue weighted by molar-refractivity contribution is -0.978. The molecule has 1 atom stereocenters. The molecular formula is C19H26ClNO4. The summed E-state index contributed by atoms with van der Waals surface area (Å²) in [4.78, 5) is 10.8. The number of carbonyl (C=O) groups is 1. The van der Waals surface area contributed by atoms with Crippen LogP contribution < -0.4 is 0 Å². The van der Waals surface area contributed by atoms with E-state index in [0.717, 1.165) is 43.9 Å². The first-order valence-electron chi connectivity index (χ1n) is 8.67. The van der Waals surface area contributed by atoms with Crippen LogP contribution in [0.15, 0.2) is 35.9 Å². The molecule has 6 heteroatoms. The van der Waals surface area contributed by atoms with Crippen molar-refractivity contribution in [3.63, 3.8) is 0 Å². The molecule has 25 heavy (non-hydrogen) atoms. The van der Waals surface area contributed by atoms with Gasteiger partial charge in [-0.3, -0.25) is 9.28 Å². The normalized spacial score (nSPS) is 27.8. The van der Waals surface area contributed by atoms with Crippen molar-refractivity contribution < 1.29 is 25.0 Å². The number of aliphatic carboxylic acids is 1. The van der Waals surface area contributed by atoms with Crippen LogP contribution in [0.25, 0.3) is 0 Å². The van der Waals surface area contributed by atoms with Crippen LogP contribution >= 0.6 is 11.6 Å². The molecule has 138 valence electrons. The molecule has 1 aromatic carbocycles. The molecule has 0 saturated carbocycles. The minimum absolute atomic E-state index is 0. The fourth-order valence-electron chi connectivity index (χ4n) is 4.13. The van der Waals surface area contributed by atoms with Crippen LogP contribution in [0.4, 0.5) is 0 Å². The number of halogens is 1. The van der Waals surface area contributed by atoms with Crippen molar-refractivity contribution in [3.8, 4) is 0 Å². The summed E-state index contributed by atoms with van der Waals surface area (Å²) in [5.41, 5.74) is 2.66. The zero-order chi connectivity index (χ0) is 17.2. The summed E-state index contributed by atoms with van der Waals surface area (Å²) in [6, 6.07) is 7.92. The zero-order valence-electron chi connectivity index (χ0n) is 14.3. The van der Waals surface area contributed by atoms with E-state index < -0.39 is 12.2 Å². The molecule has 0 spiro atoms. The Morgan fingerprint density at radius 1 is 1.28 bits per heavy atom. The SMILES string of the molecule is O=C(O)CCC(O)[N+]12CCC(CC1)C(=CCc1ccc(Cl)cc1)C2.[OH-].